The van der Waals surface area contributed by atoms with E-state index in [-0.39, 0.29) is 22.8 Å². The highest BCUT2D eigenvalue weighted by Crippen LogP contribution is 2.26. The molecular weight excluding hydrogens is 530 g/mol. The Morgan fingerprint density at radius 2 is 1.46 bits per heavy atom. The Kier molecular flexibility index (Phi) is 9.77. The highest BCUT2D eigenvalue weighted by atomic mass is 32.2. The molecule has 0 spiro atoms. The number of aryl methyl sites for hydroxylation is 3. The molecule has 0 heterocycles. The third-order valence-electron chi connectivity index (χ3n) is 6.32. The maximum atomic E-state index is 13.3. The average Bonchev–Trinajstić information content (AvgIpc) is 2.95. The highest BCUT2D eigenvalue weighted by molar-refractivity contribution is 8.00. The minimum Gasteiger partial charge on any atom is -0.325 e. The van der Waals surface area contributed by atoms with Gasteiger partial charge >= 0.3 is 0 Å². The van der Waals surface area contributed by atoms with Crippen molar-refractivity contribution in [3.63, 3.8) is 0 Å². The number of carbonyl (C=O) groups excluding carboxylic acids is 3. The second-order valence-electron chi connectivity index (χ2n) is 9.84. The second-order valence-corrected chi connectivity index (χ2v) is 11.3. The number of thioether (sulfide) groups is 1. The summed E-state index contributed by atoms with van der Waals surface area (Å²) in [4.78, 5) is 39.8. The quantitative estimate of drug-likeness (QED) is 0.149. The van der Waals surface area contributed by atoms with Crippen molar-refractivity contribution in [1.29, 1.82) is 0 Å². The van der Waals surface area contributed by atoms with E-state index in [1.165, 1.54) is 11.8 Å². The number of amides is 3. The molecule has 0 aliphatic heterocycles. The topological polar surface area (TPSA) is 87.3 Å². The molecule has 4 aromatic rings. The van der Waals surface area contributed by atoms with Crippen LogP contribution in [-0.2, 0) is 9.59 Å². The van der Waals surface area contributed by atoms with Gasteiger partial charge in [-0.25, -0.2) is 0 Å². The van der Waals surface area contributed by atoms with Gasteiger partial charge in [-0.2, -0.15) is 0 Å². The number of hydrogen-bond donors (Lipinski definition) is 3. The zero-order valence-electron chi connectivity index (χ0n) is 23.5. The standard InChI is InChI=1S/C34H33N3O3S/c1-22-9-8-10-26(20-22)21-31(37-33(39)27-11-6-5-7-12-27)34(40)35-28-14-16-29(17-15-28)41-25(4)32(38)36-30-18-13-23(2)19-24(30)3/h5-21,25H,1-4H3,(H,35,40)(H,36,38)(H,37,39)/b31-21-. The van der Waals surface area contributed by atoms with Crippen molar-refractivity contribution >= 4 is 46.9 Å². The summed E-state index contributed by atoms with van der Waals surface area (Å²) in [5, 5.41) is 8.30. The monoisotopic (exact) mass is 563 g/mol. The molecule has 0 aromatic heterocycles. The number of benzene rings is 4. The van der Waals surface area contributed by atoms with Crippen molar-refractivity contribution in [3.8, 4) is 0 Å². The van der Waals surface area contributed by atoms with Crippen molar-refractivity contribution in [2.45, 2.75) is 37.8 Å². The van der Waals surface area contributed by atoms with Crippen molar-refractivity contribution in [1.82, 2.24) is 5.32 Å². The van der Waals surface area contributed by atoms with E-state index in [9.17, 15) is 14.4 Å². The van der Waals surface area contributed by atoms with Crippen LogP contribution in [0.15, 0.2) is 108 Å². The van der Waals surface area contributed by atoms with Gasteiger partial charge in [0, 0.05) is 21.8 Å². The maximum absolute atomic E-state index is 13.3. The third-order valence-corrected chi connectivity index (χ3v) is 7.43. The lowest BCUT2D eigenvalue weighted by atomic mass is 10.1. The fourth-order valence-electron chi connectivity index (χ4n) is 4.13. The van der Waals surface area contributed by atoms with Gasteiger partial charge in [-0.05, 0) is 87.4 Å². The summed E-state index contributed by atoms with van der Waals surface area (Å²) in [6, 6.07) is 29.6. The van der Waals surface area contributed by atoms with E-state index in [0.29, 0.717) is 11.3 Å². The van der Waals surface area contributed by atoms with Crippen LogP contribution in [0, 0.1) is 20.8 Å². The van der Waals surface area contributed by atoms with E-state index in [1.807, 2.05) is 88.4 Å². The Labute approximate surface area is 245 Å². The summed E-state index contributed by atoms with van der Waals surface area (Å²) in [5.41, 5.74) is 5.95. The largest absolute Gasteiger partial charge is 0.325 e. The molecule has 4 rings (SSSR count). The van der Waals surface area contributed by atoms with E-state index >= 15 is 0 Å². The number of anilines is 2. The van der Waals surface area contributed by atoms with Crippen LogP contribution in [0.4, 0.5) is 11.4 Å². The first-order valence-corrected chi connectivity index (χ1v) is 14.2. The molecule has 0 aliphatic rings. The Balaban J connectivity index is 1.43. The molecule has 1 atom stereocenters. The van der Waals surface area contributed by atoms with Crippen LogP contribution in [0.25, 0.3) is 6.08 Å². The Morgan fingerprint density at radius 3 is 2.15 bits per heavy atom. The normalized spacial score (nSPS) is 11.9. The molecule has 3 amide bonds. The fourth-order valence-corrected chi connectivity index (χ4v) is 5.00. The number of hydrogen-bond acceptors (Lipinski definition) is 4. The van der Waals surface area contributed by atoms with Gasteiger partial charge in [0.15, 0.2) is 0 Å². The number of rotatable bonds is 9. The van der Waals surface area contributed by atoms with Crippen LogP contribution in [0.3, 0.4) is 0 Å². The smallest absolute Gasteiger partial charge is 0.272 e. The minimum atomic E-state index is -0.447. The third kappa shape index (κ3) is 8.43. The molecule has 0 bridgehead atoms. The summed E-state index contributed by atoms with van der Waals surface area (Å²) in [6.45, 7) is 7.82. The van der Waals surface area contributed by atoms with E-state index in [4.69, 9.17) is 0 Å². The number of carbonyl (C=O) groups is 3. The summed E-state index contributed by atoms with van der Waals surface area (Å²) >= 11 is 1.43. The van der Waals surface area contributed by atoms with Crippen molar-refractivity contribution in [2.75, 3.05) is 10.6 Å². The zero-order chi connectivity index (χ0) is 29.4. The first-order valence-electron chi connectivity index (χ1n) is 13.3. The molecule has 0 aliphatic carbocycles. The molecule has 0 radical (unpaired) electrons. The molecule has 208 valence electrons. The van der Waals surface area contributed by atoms with Crippen LogP contribution in [0.1, 0.15) is 39.5 Å². The molecule has 4 aromatic carbocycles. The lowest BCUT2D eigenvalue weighted by Crippen LogP contribution is -2.30. The SMILES string of the molecule is Cc1cccc(/C=C(\NC(=O)c2ccccc2)C(=O)Nc2ccc(SC(C)C(=O)Nc3ccc(C)cc3C)cc2)c1. The maximum Gasteiger partial charge on any atom is 0.272 e. The predicted molar refractivity (Wildman–Crippen MR) is 168 cm³/mol. The van der Waals surface area contributed by atoms with Gasteiger partial charge in [0.1, 0.15) is 5.70 Å². The van der Waals surface area contributed by atoms with Crippen LogP contribution in [0.2, 0.25) is 0 Å². The van der Waals surface area contributed by atoms with Crippen molar-refractivity contribution < 1.29 is 14.4 Å². The van der Waals surface area contributed by atoms with E-state index < -0.39 is 5.91 Å². The molecule has 0 fully saturated rings. The highest BCUT2D eigenvalue weighted by Gasteiger charge is 2.17. The summed E-state index contributed by atoms with van der Waals surface area (Å²) in [7, 11) is 0. The van der Waals surface area contributed by atoms with Gasteiger partial charge in [0.2, 0.25) is 5.91 Å². The van der Waals surface area contributed by atoms with Gasteiger partial charge < -0.3 is 16.0 Å². The van der Waals surface area contributed by atoms with Gasteiger partial charge in [-0.1, -0.05) is 65.7 Å². The van der Waals surface area contributed by atoms with Crippen LogP contribution in [-0.4, -0.2) is 23.0 Å². The van der Waals surface area contributed by atoms with E-state index in [1.54, 1.807) is 42.5 Å². The van der Waals surface area contributed by atoms with Crippen molar-refractivity contribution in [3.05, 3.63) is 131 Å². The lowest BCUT2D eigenvalue weighted by molar-refractivity contribution is -0.115. The molecule has 1 unspecified atom stereocenters. The molecule has 3 N–H and O–H groups in total. The summed E-state index contributed by atoms with van der Waals surface area (Å²) < 4.78 is 0. The van der Waals surface area contributed by atoms with Crippen LogP contribution in [0.5, 0.6) is 0 Å². The molecule has 6 nitrogen and oxygen atoms in total. The lowest BCUT2D eigenvalue weighted by Gasteiger charge is -2.15. The first kappa shape index (κ1) is 29.4. The zero-order valence-corrected chi connectivity index (χ0v) is 24.3. The molecule has 0 saturated carbocycles. The summed E-state index contributed by atoms with van der Waals surface area (Å²) in [5.74, 6) is -0.906. The van der Waals surface area contributed by atoms with Gasteiger partial charge in [0.25, 0.3) is 11.8 Å². The fraction of sp³-hybridized carbons (Fsp3) is 0.147. The Morgan fingerprint density at radius 1 is 0.756 bits per heavy atom. The van der Waals surface area contributed by atoms with Gasteiger partial charge in [-0.3, -0.25) is 14.4 Å². The van der Waals surface area contributed by atoms with Gasteiger partial charge in [-0.15, -0.1) is 11.8 Å². The number of nitrogens with one attached hydrogen (secondary N) is 3. The molecule has 0 saturated heterocycles. The van der Waals surface area contributed by atoms with Gasteiger partial charge in [0.05, 0.1) is 5.25 Å². The Hall–Kier alpha value is -4.62. The predicted octanol–water partition coefficient (Wildman–Crippen LogP) is 7.14. The average molecular weight is 564 g/mol. The van der Waals surface area contributed by atoms with Crippen LogP contribution < -0.4 is 16.0 Å². The molecule has 41 heavy (non-hydrogen) atoms. The molecular formula is C34H33N3O3S. The minimum absolute atomic E-state index is 0.0839. The van der Waals surface area contributed by atoms with E-state index in [2.05, 4.69) is 16.0 Å². The van der Waals surface area contributed by atoms with Crippen molar-refractivity contribution in [2.24, 2.45) is 0 Å². The summed E-state index contributed by atoms with van der Waals surface area (Å²) in [6.07, 6.45) is 1.66. The Bertz CT molecular complexity index is 1580. The second kappa shape index (κ2) is 13.6. The first-order chi connectivity index (χ1) is 19.7. The van der Waals surface area contributed by atoms with Crippen LogP contribution >= 0.6 is 11.8 Å². The van der Waals surface area contributed by atoms with E-state index in [0.717, 1.165) is 32.8 Å². The molecule has 7 heteroatoms.